The molecule has 0 bridgehead atoms. The van der Waals surface area contributed by atoms with Gasteiger partial charge in [0.1, 0.15) is 0 Å². The molecule has 0 saturated carbocycles. The van der Waals surface area contributed by atoms with Crippen molar-refractivity contribution >= 4 is 5.91 Å². The monoisotopic (exact) mass is 244 g/mol. The molecule has 17 heavy (non-hydrogen) atoms. The molecule has 0 radical (unpaired) electrons. The van der Waals surface area contributed by atoms with Gasteiger partial charge in [0.15, 0.2) is 0 Å². The molecule has 1 unspecified atom stereocenters. The van der Waals surface area contributed by atoms with Gasteiger partial charge in [-0.3, -0.25) is 9.69 Å². The van der Waals surface area contributed by atoms with Crippen molar-refractivity contribution in [2.75, 3.05) is 39.4 Å². The average molecular weight is 244 g/mol. The van der Waals surface area contributed by atoms with E-state index in [-0.39, 0.29) is 24.7 Å². The molecular formula is C12H24N2O3. The first-order valence-electron chi connectivity index (χ1n) is 6.29. The minimum absolute atomic E-state index is 0.0883. The SMILES string of the molecule is CC1CN(C(=O)CN(CCO)C(C)C)CCO1. The van der Waals surface area contributed by atoms with Crippen LogP contribution in [0.3, 0.4) is 0 Å². The molecule has 1 amide bonds. The first-order valence-corrected chi connectivity index (χ1v) is 6.29. The lowest BCUT2D eigenvalue weighted by Gasteiger charge is -2.33. The van der Waals surface area contributed by atoms with Crippen LogP contribution in [-0.4, -0.2) is 72.4 Å². The van der Waals surface area contributed by atoms with Crippen LogP contribution in [0.2, 0.25) is 0 Å². The van der Waals surface area contributed by atoms with Gasteiger partial charge in [-0.2, -0.15) is 0 Å². The topological polar surface area (TPSA) is 53.0 Å². The molecule has 1 N–H and O–H groups in total. The highest BCUT2D eigenvalue weighted by atomic mass is 16.5. The molecule has 100 valence electrons. The van der Waals surface area contributed by atoms with Crippen LogP contribution in [-0.2, 0) is 9.53 Å². The number of morpholine rings is 1. The Morgan fingerprint density at radius 2 is 2.29 bits per heavy atom. The van der Waals surface area contributed by atoms with Gasteiger partial charge in [-0.25, -0.2) is 0 Å². The van der Waals surface area contributed by atoms with E-state index >= 15 is 0 Å². The second-order valence-corrected chi connectivity index (χ2v) is 4.81. The zero-order valence-corrected chi connectivity index (χ0v) is 11.1. The fraction of sp³-hybridized carbons (Fsp3) is 0.917. The van der Waals surface area contributed by atoms with Gasteiger partial charge in [-0.1, -0.05) is 0 Å². The van der Waals surface area contributed by atoms with Gasteiger partial charge in [0.25, 0.3) is 0 Å². The molecule has 0 aliphatic carbocycles. The molecule has 0 aromatic rings. The summed E-state index contributed by atoms with van der Waals surface area (Å²) in [4.78, 5) is 15.9. The highest BCUT2D eigenvalue weighted by Gasteiger charge is 2.23. The highest BCUT2D eigenvalue weighted by molar-refractivity contribution is 5.78. The fourth-order valence-electron chi connectivity index (χ4n) is 1.97. The highest BCUT2D eigenvalue weighted by Crippen LogP contribution is 2.06. The molecule has 0 aromatic carbocycles. The summed E-state index contributed by atoms with van der Waals surface area (Å²) in [5, 5.41) is 8.96. The number of ether oxygens (including phenoxy) is 1. The van der Waals surface area contributed by atoms with Gasteiger partial charge < -0.3 is 14.7 Å². The van der Waals surface area contributed by atoms with Crippen molar-refractivity contribution < 1.29 is 14.6 Å². The Bertz CT molecular complexity index is 246. The van der Waals surface area contributed by atoms with Crippen LogP contribution < -0.4 is 0 Å². The van der Waals surface area contributed by atoms with E-state index in [1.54, 1.807) is 0 Å². The number of aliphatic hydroxyl groups is 1. The summed E-state index contributed by atoms with van der Waals surface area (Å²) in [5.41, 5.74) is 0. The van der Waals surface area contributed by atoms with Crippen LogP contribution in [0, 0.1) is 0 Å². The van der Waals surface area contributed by atoms with E-state index in [1.165, 1.54) is 0 Å². The maximum Gasteiger partial charge on any atom is 0.236 e. The van der Waals surface area contributed by atoms with Crippen molar-refractivity contribution in [1.82, 2.24) is 9.80 Å². The predicted octanol–water partition coefficient (Wildman–Crippen LogP) is -0.0636. The van der Waals surface area contributed by atoms with E-state index in [0.717, 1.165) is 0 Å². The zero-order valence-electron chi connectivity index (χ0n) is 11.1. The van der Waals surface area contributed by atoms with E-state index in [2.05, 4.69) is 0 Å². The molecule has 0 spiro atoms. The van der Waals surface area contributed by atoms with Gasteiger partial charge in [0, 0.05) is 25.7 Å². The number of rotatable bonds is 5. The normalized spacial score (nSPS) is 21.3. The lowest BCUT2D eigenvalue weighted by Crippen LogP contribution is -2.49. The largest absolute Gasteiger partial charge is 0.395 e. The Morgan fingerprint density at radius 3 is 2.82 bits per heavy atom. The molecular weight excluding hydrogens is 220 g/mol. The molecule has 1 aliphatic rings. The molecule has 1 atom stereocenters. The van der Waals surface area contributed by atoms with Gasteiger partial charge in [-0.15, -0.1) is 0 Å². The number of aliphatic hydroxyl groups excluding tert-OH is 1. The summed E-state index contributed by atoms with van der Waals surface area (Å²) in [6, 6.07) is 0.268. The van der Waals surface area contributed by atoms with Crippen molar-refractivity contribution in [3.8, 4) is 0 Å². The summed E-state index contributed by atoms with van der Waals surface area (Å²) in [5.74, 6) is 0.127. The number of carbonyl (C=O) groups is 1. The minimum atomic E-state index is 0.0883. The molecule has 1 aliphatic heterocycles. The van der Waals surface area contributed by atoms with Crippen molar-refractivity contribution in [2.45, 2.75) is 32.9 Å². The molecule has 1 saturated heterocycles. The quantitative estimate of drug-likeness (QED) is 0.736. The van der Waals surface area contributed by atoms with Gasteiger partial charge >= 0.3 is 0 Å². The van der Waals surface area contributed by atoms with Gasteiger partial charge in [0.05, 0.1) is 25.9 Å². The molecule has 1 heterocycles. The van der Waals surface area contributed by atoms with Crippen molar-refractivity contribution in [1.29, 1.82) is 0 Å². The molecule has 5 heteroatoms. The van der Waals surface area contributed by atoms with Crippen molar-refractivity contribution in [3.63, 3.8) is 0 Å². The summed E-state index contributed by atoms with van der Waals surface area (Å²) in [7, 11) is 0. The lowest BCUT2D eigenvalue weighted by molar-refractivity contribution is -0.139. The minimum Gasteiger partial charge on any atom is -0.395 e. The van der Waals surface area contributed by atoms with E-state index < -0.39 is 0 Å². The lowest BCUT2D eigenvalue weighted by atomic mass is 10.2. The van der Waals surface area contributed by atoms with E-state index in [9.17, 15) is 4.79 Å². The summed E-state index contributed by atoms with van der Waals surface area (Å²) in [6.07, 6.45) is 0.123. The van der Waals surface area contributed by atoms with Crippen LogP contribution in [0.25, 0.3) is 0 Å². The molecule has 1 rings (SSSR count). The maximum absolute atomic E-state index is 12.1. The van der Waals surface area contributed by atoms with Crippen molar-refractivity contribution in [2.24, 2.45) is 0 Å². The predicted molar refractivity (Wildman–Crippen MR) is 65.8 cm³/mol. The Labute approximate surface area is 103 Å². The van der Waals surface area contributed by atoms with Crippen LogP contribution in [0.4, 0.5) is 0 Å². The van der Waals surface area contributed by atoms with E-state index in [4.69, 9.17) is 9.84 Å². The van der Waals surface area contributed by atoms with Crippen LogP contribution in [0.15, 0.2) is 0 Å². The molecule has 1 fully saturated rings. The summed E-state index contributed by atoms with van der Waals surface area (Å²) < 4.78 is 5.41. The first-order chi connectivity index (χ1) is 8.04. The first kappa shape index (κ1) is 14.4. The summed E-state index contributed by atoms with van der Waals surface area (Å²) in [6.45, 7) is 9.02. The number of hydrogen-bond donors (Lipinski definition) is 1. The smallest absolute Gasteiger partial charge is 0.236 e. The average Bonchev–Trinajstić information content (AvgIpc) is 2.28. The number of nitrogens with zero attached hydrogens (tertiary/aromatic N) is 2. The van der Waals surface area contributed by atoms with E-state index in [0.29, 0.717) is 32.8 Å². The number of carbonyl (C=O) groups excluding carboxylic acids is 1. The fourth-order valence-corrected chi connectivity index (χ4v) is 1.97. The Balaban J connectivity index is 2.45. The number of amides is 1. The molecule has 0 aromatic heterocycles. The van der Waals surface area contributed by atoms with Gasteiger partial charge in [0.2, 0.25) is 5.91 Å². The zero-order chi connectivity index (χ0) is 12.8. The van der Waals surface area contributed by atoms with Crippen molar-refractivity contribution in [3.05, 3.63) is 0 Å². The van der Waals surface area contributed by atoms with Crippen LogP contribution >= 0.6 is 0 Å². The Hall–Kier alpha value is -0.650. The van der Waals surface area contributed by atoms with E-state index in [1.807, 2.05) is 30.6 Å². The second-order valence-electron chi connectivity index (χ2n) is 4.81. The summed E-state index contributed by atoms with van der Waals surface area (Å²) >= 11 is 0. The second kappa shape index (κ2) is 6.93. The molecule has 5 nitrogen and oxygen atoms in total. The Morgan fingerprint density at radius 1 is 1.59 bits per heavy atom. The van der Waals surface area contributed by atoms with Gasteiger partial charge in [-0.05, 0) is 20.8 Å². The third-order valence-electron chi connectivity index (χ3n) is 3.05. The standard InChI is InChI=1S/C12H24N2O3/c1-10(2)13(4-6-15)9-12(16)14-5-7-17-11(3)8-14/h10-11,15H,4-9H2,1-3H3. The van der Waals surface area contributed by atoms with Crippen LogP contribution in [0.1, 0.15) is 20.8 Å². The number of hydrogen-bond acceptors (Lipinski definition) is 4. The third kappa shape index (κ3) is 4.61. The Kier molecular flexibility index (Phi) is 5.88. The third-order valence-corrected chi connectivity index (χ3v) is 3.05. The van der Waals surface area contributed by atoms with Crippen LogP contribution in [0.5, 0.6) is 0 Å². The maximum atomic E-state index is 12.1.